The second-order valence-electron chi connectivity index (χ2n) is 4.99. The van der Waals surface area contributed by atoms with Crippen LogP contribution in [0.1, 0.15) is 36.8 Å². The van der Waals surface area contributed by atoms with Crippen molar-refractivity contribution >= 4 is 12.6 Å². The van der Waals surface area contributed by atoms with Gasteiger partial charge in [-0.1, -0.05) is 80.2 Å². The summed E-state index contributed by atoms with van der Waals surface area (Å²) in [5, 5.41) is 0.325. The quantitative estimate of drug-likeness (QED) is 0.660. The molecule has 0 N–H and O–H groups in total. The number of rotatable bonds is 6. The third kappa shape index (κ3) is 4.14. The van der Waals surface area contributed by atoms with E-state index < -0.39 is 0 Å². The first-order chi connectivity index (χ1) is 9.31. The average Bonchev–Trinajstić information content (AvgIpc) is 2.49. The Balaban J connectivity index is 2.07. The van der Waals surface area contributed by atoms with E-state index in [0.717, 1.165) is 19.3 Å². The molecule has 99 valence electrons. The van der Waals surface area contributed by atoms with Crippen LogP contribution in [0.4, 0.5) is 0 Å². The number of aryl methyl sites for hydroxylation is 1. The summed E-state index contributed by atoms with van der Waals surface area (Å²) in [6, 6.07) is 21.4. The van der Waals surface area contributed by atoms with E-state index in [4.69, 9.17) is 12.6 Å². The van der Waals surface area contributed by atoms with Crippen molar-refractivity contribution in [3.8, 4) is 0 Å². The van der Waals surface area contributed by atoms with Crippen LogP contribution >= 0.6 is 12.6 Å². The summed E-state index contributed by atoms with van der Waals surface area (Å²) in [6.45, 7) is 2.19. The van der Waals surface area contributed by atoms with Crippen LogP contribution in [0.25, 0.3) is 0 Å². The molecule has 1 heteroatoms. The first-order valence-electron chi connectivity index (χ1n) is 7.06. The Bertz CT molecular complexity index is 464. The molecule has 0 heterocycles. The summed E-state index contributed by atoms with van der Waals surface area (Å²) in [5.74, 6) is 0.487. The maximum atomic E-state index is 5.66. The highest BCUT2D eigenvalue weighted by Crippen LogP contribution is 2.30. The highest BCUT2D eigenvalue weighted by Gasteiger charge is 2.18. The molecule has 0 nitrogen and oxygen atoms in total. The molecule has 0 amide bonds. The molecule has 0 aliphatic carbocycles. The average molecular weight is 269 g/mol. The molecule has 2 aromatic carbocycles. The molecule has 19 heavy (non-hydrogen) atoms. The summed E-state index contributed by atoms with van der Waals surface area (Å²) in [5.41, 5.74) is 2.79. The largest absolute Gasteiger partial charge is 0.0898 e. The SMILES string of the molecule is CCC([S])C(CCc1ccccc1)c1ccccc1. The number of hydrogen-bond donors (Lipinski definition) is 0. The predicted octanol–water partition coefficient (Wildman–Crippen LogP) is 5.38. The van der Waals surface area contributed by atoms with Crippen LogP contribution in [0.15, 0.2) is 60.7 Å². The van der Waals surface area contributed by atoms with Gasteiger partial charge in [0, 0.05) is 5.25 Å². The minimum atomic E-state index is 0.325. The maximum Gasteiger partial charge on any atom is 0.0217 e. The molecule has 0 aromatic heterocycles. The van der Waals surface area contributed by atoms with Crippen LogP contribution in [-0.2, 0) is 6.42 Å². The zero-order chi connectivity index (χ0) is 13.5. The van der Waals surface area contributed by atoms with Gasteiger partial charge >= 0.3 is 0 Å². The Morgan fingerprint density at radius 3 is 2.05 bits per heavy atom. The lowest BCUT2D eigenvalue weighted by Gasteiger charge is -2.22. The van der Waals surface area contributed by atoms with Gasteiger partial charge in [0.25, 0.3) is 0 Å². The maximum absolute atomic E-state index is 5.66. The molecular formula is C18H21S. The molecule has 2 aromatic rings. The fourth-order valence-corrected chi connectivity index (χ4v) is 2.81. The molecule has 1 radical (unpaired) electrons. The van der Waals surface area contributed by atoms with Crippen molar-refractivity contribution in [2.24, 2.45) is 0 Å². The first kappa shape index (κ1) is 14.2. The Hall–Kier alpha value is -1.21. The molecule has 2 unspecified atom stereocenters. The molecule has 0 aliphatic heterocycles. The predicted molar refractivity (Wildman–Crippen MR) is 85.6 cm³/mol. The number of benzene rings is 2. The second-order valence-corrected chi connectivity index (χ2v) is 5.59. The van der Waals surface area contributed by atoms with E-state index in [1.54, 1.807) is 0 Å². The molecule has 0 fully saturated rings. The van der Waals surface area contributed by atoms with Gasteiger partial charge in [-0.3, -0.25) is 0 Å². The minimum absolute atomic E-state index is 0.325. The van der Waals surface area contributed by atoms with Gasteiger partial charge in [-0.25, -0.2) is 0 Å². The molecule has 0 aliphatic rings. The van der Waals surface area contributed by atoms with E-state index >= 15 is 0 Å². The van der Waals surface area contributed by atoms with Crippen molar-refractivity contribution in [1.82, 2.24) is 0 Å². The summed E-state index contributed by atoms with van der Waals surface area (Å²) < 4.78 is 0. The summed E-state index contributed by atoms with van der Waals surface area (Å²) >= 11 is 5.66. The van der Waals surface area contributed by atoms with Crippen molar-refractivity contribution in [2.75, 3.05) is 0 Å². The fourth-order valence-electron chi connectivity index (χ4n) is 2.52. The normalized spacial score (nSPS) is 14.0. The van der Waals surface area contributed by atoms with Crippen molar-refractivity contribution in [2.45, 2.75) is 37.4 Å². The molecule has 0 spiro atoms. The number of hydrogen-bond acceptors (Lipinski definition) is 0. The third-order valence-electron chi connectivity index (χ3n) is 3.67. The molecule has 0 bridgehead atoms. The molecule has 2 atom stereocenters. The fraction of sp³-hybridized carbons (Fsp3) is 0.333. The highest BCUT2D eigenvalue weighted by atomic mass is 32.1. The zero-order valence-electron chi connectivity index (χ0n) is 11.5. The standard InChI is InChI=1S/C18H21S/c1-2-18(19)17(16-11-7-4-8-12-16)14-13-15-9-5-3-6-10-15/h3-12,17-18H,2,13-14H2,1H3. The third-order valence-corrected chi connectivity index (χ3v) is 4.33. The van der Waals surface area contributed by atoms with Gasteiger partial charge in [0.05, 0.1) is 0 Å². The molecule has 0 saturated carbocycles. The topological polar surface area (TPSA) is 0 Å². The van der Waals surface area contributed by atoms with Gasteiger partial charge in [0.2, 0.25) is 0 Å². The van der Waals surface area contributed by atoms with Crippen molar-refractivity contribution < 1.29 is 0 Å². The monoisotopic (exact) mass is 269 g/mol. The molecular weight excluding hydrogens is 248 g/mol. The van der Waals surface area contributed by atoms with Gasteiger partial charge in [0.15, 0.2) is 0 Å². The van der Waals surface area contributed by atoms with E-state index in [2.05, 4.69) is 67.6 Å². The van der Waals surface area contributed by atoms with Gasteiger partial charge < -0.3 is 0 Å². The Morgan fingerprint density at radius 2 is 1.47 bits per heavy atom. The van der Waals surface area contributed by atoms with Crippen molar-refractivity contribution in [3.63, 3.8) is 0 Å². The Morgan fingerprint density at radius 1 is 0.895 bits per heavy atom. The van der Waals surface area contributed by atoms with Gasteiger partial charge in [-0.05, 0) is 36.3 Å². The lowest BCUT2D eigenvalue weighted by atomic mass is 9.88. The van der Waals surface area contributed by atoms with Crippen LogP contribution in [0.3, 0.4) is 0 Å². The van der Waals surface area contributed by atoms with Crippen LogP contribution in [0.5, 0.6) is 0 Å². The van der Waals surface area contributed by atoms with Crippen molar-refractivity contribution in [1.29, 1.82) is 0 Å². The van der Waals surface area contributed by atoms with Gasteiger partial charge in [0.1, 0.15) is 0 Å². The second kappa shape index (κ2) is 7.40. The van der Waals surface area contributed by atoms with Crippen molar-refractivity contribution in [3.05, 3.63) is 71.8 Å². The zero-order valence-corrected chi connectivity index (χ0v) is 12.3. The van der Waals surface area contributed by atoms with Crippen LogP contribution < -0.4 is 0 Å². The van der Waals surface area contributed by atoms with Gasteiger partial charge in [-0.2, -0.15) is 0 Å². The molecule has 2 rings (SSSR count). The smallest absolute Gasteiger partial charge is 0.0217 e. The summed E-state index contributed by atoms with van der Waals surface area (Å²) in [4.78, 5) is 0. The van der Waals surface area contributed by atoms with E-state index in [9.17, 15) is 0 Å². The highest BCUT2D eigenvalue weighted by molar-refractivity contribution is 7.81. The lowest BCUT2D eigenvalue weighted by molar-refractivity contribution is 0.585. The van der Waals surface area contributed by atoms with Crippen LogP contribution in [-0.4, -0.2) is 5.25 Å². The van der Waals surface area contributed by atoms with Crippen LogP contribution in [0.2, 0.25) is 0 Å². The van der Waals surface area contributed by atoms with E-state index in [1.807, 2.05) is 0 Å². The Labute approximate surface area is 122 Å². The summed E-state index contributed by atoms with van der Waals surface area (Å²) in [6.07, 6.45) is 3.30. The summed E-state index contributed by atoms with van der Waals surface area (Å²) in [7, 11) is 0. The van der Waals surface area contributed by atoms with E-state index in [1.165, 1.54) is 11.1 Å². The lowest BCUT2D eigenvalue weighted by Crippen LogP contribution is -2.13. The van der Waals surface area contributed by atoms with E-state index in [0.29, 0.717) is 11.2 Å². The Kier molecular flexibility index (Phi) is 5.53. The minimum Gasteiger partial charge on any atom is -0.0898 e. The van der Waals surface area contributed by atoms with Gasteiger partial charge in [-0.15, -0.1) is 0 Å². The van der Waals surface area contributed by atoms with E-state index in [-0.39, 0.29) is 0 Å². The molecule has 0 saturated heterocycles. The van der Waals surface area contributed by atoms with Crippen LogP contribution in [0, 0.1) is 0 Å². The first-order valence-corrected chi connectivity index (χ1v) is 7.53.